The van der Waals surface area contributed by atoms with Crippen LogP contribution in [0.4, 0.5) is 0 Å². The Morgan fingerprint density at radius 2 is 1.68 bits per heavy atom. The Morgan fingerprint density at radius 3 is 2.52 bits per heavy atom. The fourth-order valence-electron chi connectivity index (χ4n) is 3.87. The molecule has 0 saturated heterocycles. The van der Waals surface area contributed by atoms with Crippen molar-refractivity contribution in [3.63, 3.8) is 0 Å². The molecule has 2 aromatic heterocycles. The first-order valence-electron chi connectivity index (χ1n) is 10.1. The largest absolute Gasteiger partial charge is 0.496 e. The van der Waals surface area contributed by atoms with Crippen molar-refractivity contribution in [2.45, 2.75) is 6.54 Å². The second kappa shape index (κ2) is 7.95. The van der Waals surface area contributed by atoms with Crippen LogP contribution in [0, 0.1) is 0 Å². The summed E-state index contributed by atoms with van der Waals surface area (Å²) < 4.78 is 5.57. The van der Waals surface area contributed by atoms with Crippen molar-refractivity contribution in [1.29, 1.82) is 0 Å². The molecule has 5 nitrogen and oxygen atoms in total. The van der Waals surface area contributed by atoms with E-state index in [4.69, 9.17) is 9.72 Å². The number of aromatic amines is 1. The highest BCUT2D eigenvalue weighted by molar-refractivity contribution is 6.13. The molecule has 0 spiro atoms. The maximum absolute atomic E-state index is 13.0. The number of nitrogens with one attached hydrogen (secondary N) is 2. The van der Waals surface area contributed by atoms with Gasteiger partial charge < -0.3 is 15.0 Å². The van der Waals surface area contributed by atoms with Crippen molar-refractivity contribution in [2.24, 2.45) is 0 Å². The Bertz CT molecular complexity index is 1390. The van der Waals surface area contributed by atoms with Gasteiger partial charge in [0.1, 0.15) is 11.4 Å². The molecule has 31 heavy (non-hydrogen) atoms. The van der Waals surface area contributed by atoms with E-state index in [9.17, 15) is 4.79 Å². The van der Waals surface area contributed by atoms with Gasteiger partial charge in [0.25, 0.3) is 5.91 Å². The van der Waals surface area contributed by atoms with E-state index in [0.717, 1.165) is 32.9 Å². The number of H-pyrrole nitrogens is 1. The van der Waals surface area contributed by atoms with Crippen molar-refractivity contribution < 1.29 is 9.53 Å². The molecule has 5 heteroatoms. The number of hydrogen-bond acceptors (Lipinski definition) is 3. The van der Waals surface area contributed by atoms with Crippen LogP contribution in [0.15, 0.2) is 84.9 Å². The minimum Gasteiger partial charge on any atom is -0.496 e. The maximum atomic E-state index is 13.0. The van der Waals surface area contributed by atoms with Crippen LogP contribution < -0.4 is 10.1 Å². The summed E-state index contributed by atoms with van der Waals surface area (Å²) in [5.74, 6) is 0.490. The van der Waals surface area contributed by atoms with Crippen molar-refractivity contribution in [2.75, 3.05) is 7.11 Å². The third-order valence-electron chi connectivity index (χ3n) is 5.39. The fraction of sp³-hybridized carbons (Fsp3) is 0.0769. The molecular formula is C26H21N3O2. The summed E-state index contributed by atoms with van der Waals surface area (Å²) in [7, 11) is 1.64. The lowest BCUT2D eigenvalue weighted by atomic mass is 10.1. The number of benzene rings is 3. The van der Waals surface area contributed by atoms with Gasteiger partial charge in [-0.3, -0.25) is 4.79 Å². The maximum Gasteiger partial charge on any atom is 0.270 e. The SMILES string of the molecule is COc1ccccc1-c1nc(C(=O)NCc2ccccc2)cc2c1[nH]c1ccccc12. The predicted octanol–water partition coefficient (Wildman–Crippen LogP) is 5.32. The van der Waals surface area contributed by atoms with Crippen molar-refractivity contribution in [3.8, 4) is 17.0 Å². The summed E-state index contributed by atoms with van der Waals surface area (Å²) in [6.45, 7) is 0.442. The molecule has 152 valence electrons. The van der Waals surface area contributed by atoms with E-state index in [-0.39, 0.29) is 5.91 Å². The van der Waals surface area contributed by atoms with Gasteiger partial charge in [-0.05, 0) is 29.8 Å². The zero-order valence-corrected chi connectivity index (χ0v) is 17.1. The van der Waals surface area contributed by atoms with Gasteiger partial charge in [-0.25, -0.2) is 4.98 Å². The van der Waals surface area contributed by atoms with Crippen LogP contribution in [0.3, 0.4) is 0 Å². The summed E-state index contributed by atoms with van der Waals surface area (Å²) in [6.07, 6.45) is 0. The summed E-state index contributed by atoms with van der Waals surface area (Å²) in [5.41, 5.74) is 4.81. The number of rotatable bonds is 5. The molecule has 1 amide bonds. The van der Waals surface area contributed by atoms with Crippen LogP contribution in [0.2, 0.25) is 0 Å². The number of aromatic nitrogens is 2. The van der Waals surface area contributed by atoms with E-state index in [2.05, 4.69) is 10.3 Å². The average Bonchev–Trinajstić information content (AvgIpc) is 3.21. The first kappa shape index (κ1) is 18.9. The monoisotopic (exact) mass is 407 g/mol. The zero-order chi connectivity index (χ0) is 21.2. The quantitative estimate of drug-likeness (QED) is 0.414. The van der Waals surface area contributed by atoms with Crippen LogP contribution in [-0.4, -0.2) is 23.0 Å². The van der Waals surface area contributed by atoms with Crippen LogP contribution in [0.1, 0.15) is 16.1 Å². The lowest BCUT2D eigenvalue weighted by molar-refractivity contribution is 0.0946. The standard InChI is InChI=1S/C26H21N3O2/c1-31-23-14-8-6-12-19(23)24-25-20(18-11-5-7-13-21(18)28-25)15-22(29-24)26(30)27-16-17-9-3-2-4-10-17/h2-15,28H,16H2,1H3,(H,27,30). The van der Waals surface area contributed by atoms with E-state index < -0.39 is 0 Å². The molecule has 0 aliphatic heterocycles. The Balaban J connectivity index is 1.65. The van der Waals surface area contributed by atoms with Gasteiger partial charge >= 0.3 is 0 Å². The van der Waals surface area contributed by atoms with E-state index in [1.807, 2.05) is 84.9 Å². The number of ether oxygens (including phenoxy) is 1. The van der Waals surface area contributed by atoms with Gasteiger partial charge in [-0.1, -0.05) is 60.7 Å². The number of nitrogens with zero attached hydrogens (tertiary/aromatic N) is 1. The number of methoxy groups -OCH3 is 1. The Labute approximate surface area is 179 Å². The highest BCUT2D eigenvalue weighted by Gasteiger charge is 2.19. The summed E-state index contributed by atoms with van der Waals surface area (Å²) in [4.78, 5) is 21.3. The number of carbonyl (C=O) groups excluding carboxylic acids is 1. The van der Waals surface area contributed by atoms with Crippen molar-refractivity contribution in [3.05, 3.63) is 96.2 Å². The van der Waals surface area contributed by atoms with E-state index in [1.54, 1.807) is 7.11 Å². The molecule has 5 rings (SSSR count). The Morgan fingerprint density at radius 1 is 0.935 bits per heavy atom. The fourth-order valence-corrected chi connectivity index (χ4v) is 3.87. The first-order chi connectivity index (χ1) is 15.2. The topological polar surface area (TPSA) is 67.0 Å². The minimum atomic E-state index is -0.216. The van der Waals surface area contributed by atoms with Gasteiger partial charge in [0, 0.05) is 28.4 Å². The highest BCUT2D eigenvalue weighted by atomic mass is 16.5. The molecule has 0 saturated carbocycles. The second-order valence-electron chi connectivity index (χ2n) is 7.32. The van der Waals surface area contributed by atoms with Crippen LogP contribution in [0.5, 0.6) is 5.75 Å². The second-order valence-corrected chi connectivity index (χ2v) is 7.32. The lowest BCUT2D eigenvalue weighted by Gasteiger charge is -2.11. The van der Waals surface area contributed by atoms with Gasteiger partial charge in [-0.2, -0.15) is 0 Å². The predicted molar refractivity (Wildman–Crippen MR) is 123 cm³/mol. The van der Waals surface area contributed by atoms with Crippen LogP contribution in [0.25, 0.3) is 33.1 Å². The smallest absolute Gasteiger partial charge is 0.270 e. The molecule has 5 aromatic rings. The molecule has 3 aromatic carbocycles. The molecular weight excluding hydrogens is 386 g/mol. The van der Waals surface area contributed by atoms with E-state index in [1.165, 1.54) is 0 Å². The number of carbonyl (C=O) groups is 1. The van der Waals surface area contributed by atoms with Gasteiger partial charge in [0.05, 0.1) is 18.3 Å². The number of hydrogen-bond donors (Lipinski definition) is 2. The molecule has 0 aliphatic carbocycles. The summed E-state index contributed by atoms with van der Waals surface area (Å²) in [6, 6.07) is 27.5. The van der Waals surface area contributed by atoms with Gasteiger partial charge in [-0.15, -0.1) is 0 Å². The lowest BCUT2D eigenvalue weighted by Crippen LogP contribution is -2.24. The Hall–Kier alpha value is -4.12. The van der Waals surface area contributed by atoms with Crippen LogP contribution >= 0.6 is 0 Å². The third kappa shape index (κ3) is 3.51. The molecule has 0 atom stereocenters. The van der Waals surface area contributed by atoms with Crippen LogP contribution in [-0.2, 0) is 6.54 Å². The molecule has 0 bridgehead atoms. The Kier molecular flexibility index (Phi) is 4.84. The molecule has 0 radical (unpaired) electrons. The number of fused-ring (bicyclic) bond motifs is 3. The number of amides is 1. The zero-order valence-electron chi connectivity index (χ0n) is 17.1. The normalized spacial score (nSPS) is 11.0. The molecule has 2 N–H and O–H groups in total. The third-order valence-corrected chi connectivity index (χ3v) is 5.39. The average molecular weight is 407 g/mol. The number of para-hydroxylation sites is 2. The summed E-state index contributed by atoms with van der Waals surface area (Å²) in [5, 5.41) is 4.99. The van der Waals surface area contributed by atoms with E-state index in [0.29, 0.717) is 23.7 Å². The van der Waals surface area contributed by atoms with Crippen molar-refractivity contribution in [1.82, 2.24) is 15.3 Å². The van der Waals surface area contributed by atoms with E-state index >= 15 is 0 Å². The van der Waals surface area contributed by atoms with Gasteiger partial charge in [0.15, 0.2) is 0 Å². The van der Waals surface area contributed by atoms with Crippen molar-refractivity contribution >= 4 is 27.7 Å². The number of pyridine rings is 1. The minimum absolute atomic E-state index is 0.216. The summed E-state index contributed by atoms with van der Waals surface area (Å²) >= 11 is 0. The first-order valence-corrected chi connectivity index (χ1v) is 10.1. The van der Waals surface area contributed by atoms with Gasteiger partial charge in [0.2, 0.25) is 0 Å². The molecule has 0 aliphatic rings. The molecule has 0 fully saturated rings. The molecule has 0 unspecified atom stereocenters. The highest BCUT2D eigenvalue weighted by Crippen LogP contribution is 2.36. The molecule has 2 heterocycles.